The van der Waals surface area contributed by atoms with Gasteiger partial charge in [-0.2, -0.15) is 9.78 Å². The van der Waals surface area contributed by atoms with Gasteiger partial charge in [-0.05, 0) is 19.1 Å². The molecule has 146 valence electrons. The highest BCUT2D eigenvalue weighted by Gasteiger charge is 2.23. The van der Waals surface area contributed by atoms with Gasteiger partial charge in [-0.25, -0.2) is 0 Å². The monoisotopic (exact) mass is 375 g/mol. The number of methoxy groups -OCH3 is 3. The molecule has 2 rings (SSSR count). The Balaban J connectivity index is 2.46. The van der Waals surface area contributed by atoms with Crippen LogP contribution in [0.15, 0.2) is 35.1 Å². The summed E-state index contributed by atoms with van der Waals surface area (Å²) in [4.78, 5) is 27.0. The molecule has 1 heterocycles. The van der Waals surface area contributed by atoms with E-state index < -0.39 is 0 Å². The number of carbonyl (C=O) groups excluding carboxylic acids is 1. The number of hydrogen-bond donors (Lipinski definition) is 0. The Labute approximate surface area is 158 Å². The third kappa shape index (κ3) is 5.15. The van der Waals surface area contributed by atoms with Crippen molar-refractivity contribution in [2.75, 3.05) is 47.6 Å². The maximum atomic E-state index is 13.0. The maximum absolute atomic E-state index is 13.0. The Morgan fingerprint density at radius 3 is 2.19 bits per heavy atom. The van der Waals surface area contributed by atoms with E-state index in [1.807, 2.05) is 19.1 Å². The smallest absolute Gasteiger partial charge is 0.278 e. The van der Waals surface area contributed by atoms with E-state index in [0.29, 0.717) is 32.0 Å². The van der Waals surface area contributed by atoms with E-state index in [1.165, 1.54) is 17.9 Å². The number of carbonyl (C=O) groups is 1. The zero-order chi connectivity index (χ0) is 19.8. The predicted octanol–water partition coefficient (Wildman–Crippen LogP) is 1.28. The van der Waals surface area contributed by atoms with Crippen molar-refractivity contribution in [3.05, 3.63) is 51.9 Å². The van der Waals surface area contributed by atoms with Gasteiger partial charge in [0.1, 0.15) is 0 Å². The Hall–Kier alpha value is -2.71. The highest BCUT2D eigenvalue weighted by Crippen LogP contribution is 2.17. The topological polar surface area (TPSA) is 82.9 Å². The van der Waals surface area contributed by atoms with Crippen LogP contribution in [0.25, 0.3) is 5.69 Å². The van der Waals surface area contributed by atoms with Gasteiger partial charge in [0.25, 0.3) is 11.5 Å². The molecule has 0 saturated carbocycles. The summed E-state index contributed by atoms with van der Waals surface area (Å²) < 4.78 is 16.6. The van der Waals surface area contributed by atoms with E-state index in [2.05, 4.69) is 5.10 Å². The molecule has 27 heavy (non-hydrogen) atoms. The fraction of sp³-hybridized carbons (Fsp3) is 0.421. The van der Waals surface area contributed by atoms with Gasteiger partial charge in [-0.1, -0.05) is 17.7 Å². The minimum atomic E-state index is -0.382. The van der Waals surface area contributed by atoms with Crippen LogP contribution in [0.2, 0.25) is 0 Å². The summed E-state index contributed by atoms with van der Waals surface area (Å²) in [5.74, 6) is -0.227. The summed E-state index contributed by atoms with van der Waals surface area (Å²) in [6.07, 6.45) is 0. The van der Waals surface area contributed by atoms with Crippen molar-refractivity contribution in [1.29, 1.82) is 0 Å². The lowest BCUT2D eigenvalue weighted by Gasteiger charge is -2.22. The van der Waals surface area contributed by atoms with E-state index >= 15 is 0 Å². The molecule has 0 fully saturated rings. The van der Waals surface area contributed by atoms with E-state index in [-0.39, 0.29) is 22.9 Å². The van der Waals surface area contributed by atoms with Crippen LogP contribution in [-0.4, -0.2) is 68.2 Å². The lowest BCUT2D eigenvalue weighted by Crippen LogP contribution is -2.38. The Bertz CT molecular complexity index is 809. The van der Waals surface area contributed by atoms with Crippen molar-refractivity contribution < 1.29 is 19.0 Å². The molecule has 0 atom stereocenters. The zero-order valence-corrected chi connectivity index (χ0v) is 16.1. The molecule has 0 bridgehead atoms. The molecule has 1 aromatic carbocycles. The minimum absolute atomic E-state index is 0.0601. The molecule has 8 heteroatoms. The number of amides is 1. The van der Waals surface area contributed by atoms with Crippen molar-refractivity contribution in [3.8, 4) is 11.4 Å². The largest absolute Gasteiger partial charge is 0.494 e. The summed E-state index contributed by atoms with van der Waals surface area (Å²) in [5, 5.41) is 4.29. The molecule has 1 aromatic heterocycles. The minimum Gasteiger partial charge on any atom is -0.494 e. The molecule has 0 spiro atoms. The van der Waals surface area contributed by atoms with Crippen LogP contribution >= 0.6 is 0 Å². The molecule has 0 aliphatic carbocycles. The van der Waals surface area contributed by atoms with Crippen LogP contribution in [0.4, 0.5) is 0 Å². The van der Waals surface area contributed by atoms with Crippen LogP contribution < -0.4 is 10.3 Å². The fourth-order valence-electron chi connectivity index (χ4n) is 2.48. The third-order valence-corrected chi connectivity index (χ3v) is 4.02. The van der Waals surface area contributed by atoms with E-state index in [0.717, 1.165) is 5.56 Å². The highest BCUT2D eigenvalue weighted by atomic mass is 16.5. The lowest BCUT2D eigenvalue weighted by atomic mass is 10.2. The number of nitrogens with zero attached hydrogens (tertiary/aromatic N) is 3. The summed E-state index contributed by atoms with van der Waals surface area (Å²) >= 11 is 0. The quantitative estimate of drug-likeness (QED) is 0.657. The van der Waals surface area contributed by atoms with Crippen LogP contribution in [0.5, 0.6) is 5.75 Å². The van der Waals surface area contributed by atoms with Gasteiger partial charge in [0.05, 0.1) is 32.1 Å². The number of rotatable bonds is 9. The molecule has 2 aromatic rings. The first kappa shape index (κ1) is 20.6. The predicted molar refractivity (Wildman–Crippen MR) is 101 cm³/mol. The van der Waals surface area contributed by atoms with Gasteiger partial charge >= 0.3 is 0 Å². The van der Waals surface area contributed by atoms with Gasteiger partial charge in [-0.3, -0.25) is 9.59 Å². The first-order chi connectivity index (χ1) is 13.0. The number of aryl methyl sites for hydroxylation is 1. The third-order valence-electron chi connectivity index (χ3n) is 4.02. The van der Waals surface area contributed by atoms with Crippen LogP contribution in [0.1, 0.15) is 16.1 Å². The maximum Gasteiger partial charge on any atom is 0.278 e. The molecule has 0 radical (unpaired) electrons. The summed E-state index contributed by atoms with van der Waals surface area (Å²) in [7, 11) is 4.53. The summed E-state index contributed by atoms with van der Waals surface area (Å²) in [6.45, 7) is 3.43. The van der Waals surface area contributed by atoms with Crippen molar-refractivity contribution in [2.45, 2.75) is 6.92 Å². The zero-order valence-electron chi connectivity index (χ0n) is 16.1. The van der Waals surface area contributed by atoms with Gasteiger partial charge < -0.3 is 19.1 Å². The molecular weight excluding hydrogens is 350 g/mol. The van der Waals surface area contributed by atoms with Crippen LogP contribution in [0.3, 0.4) is 0 Å². The molecule has 1 amide bonds. The van der Waals surface area contributed by atoms with Crippen molar-refractivity contribution in [2.24, 2.45) is 0 Å². The van der Waals surface area contributed by atoms with E-state index in [4.69, 9.17) is 14.2 Å². The molecule has 0 N–H and O–H groups in total. The molecule has 0 unspecified atom stereocenters. The average Bonchev–Trinajstić information content (AvgIpc) is 2.68. The normalized spacial score (nSPS) is 10.7. The SMILES string of the molecule is COCCN(CCOC)C(=O)c1nn(-c2ccc(C)cc2)c(=O)cc1OC. The average molecular weight is 375 g/mol. The second kappa shape index (κ2) is 9.84. The van der Waals surface area contributed by atoms with Crippen molar-refractivity contribution in [3.63, 3.8) is 0 Å². The first-order valence-corrected chi connectivity index (χ1v) is 8.54. The number of hydrogen-bond acceptors (Lipinski definition) is 6. The molecule has 8 nitrogen and oxygen atoms in total. The van der Waals surface area contributed by atoms with Gasteiger partial charge in [-0.15, -0.1) is 0 Å². The summed E-state index contributed by atoms with van der Waals surface area (Å²) in [5.41, 5.74) is 1.31. The van der Waals surface area contributed by atoms with Gasteiger partial charge in [0.15, 0.2) is 11.4 Å². The van der Waals surface area contributed by atoms with Crippen LogP contribution in [-0.2, 0) is 9.47 Å². The fourth-order valence-corrected chi connectivity index (χ4v) is 2.48. The Kier molecular flexibility index (Phi) is 7.51. The second-order valence-electron chi connectivity index (χ2n) is 5.92. The van der Waals surface area contributed by atoms with Gasteiger partial charge in [0, 0.05) is 27.3 Å². The number of ether oxygens (including phenoxy) is 3. The molecule has 0 saturated heterocycles. The molecule has 0 aliphatic rings. The van der Waals surface area contributed by atoms with Crippen LogP contribution in [0, 0.1) is 6.92 Å². The van der Waals surface area contributed by atoms with E-state index in [1.54, 1.807) is 31.3 Å². The summed E-state index contributed by atoms with van der Waals surface area (Å²) in [6, 6.07) is 8.57. The van der Waals surface area contributed by atoms with E-state index in [9.17, 15) is 9.59 Å². The standard InChI is InChI=1S/C19H25N3O5/c1-14-5-7-15(8-6-14)22-17(23)13-16(27-4)18(20-22)19(24)21(9-11-25-2)10-12-26-3/h5-8,13H,9-12H2,1-4H3. The first-order valence-electron chi connectivity index (χ1n) is 8.54. The van der Waals surface area contributed by atoms with Crippen molar-refractivity contribution >= 4 is 5.91 Å². The number of benzene rings is 1. The highest BCUT2D eigenvalue weighted by molar-refractivity contribution is 5.94. The van der Waals surface area contributed by atoms with Crippen molar-refractivity contribution in [1.82, 2.24) is 14.7 Å². The Morgan fingerprint density at radius 2 is 1.67 bits per heavy atom. The molecular formula is C19H25N3O5. The number of aromatic nitrogens is 2. The molecule has 0 aliphatic heterocycles. The lowest BCUT2D eigenvalue weighted by molar-refractivity contribution is 0.0616. The Morgan fingerprint density at radius 1 is 1.07 bits per heavy atom. The second-order valence-corrected chi connectivity index (χ2v) is 5.92. The van der Waals surface area contributed by atoms with Gasteiger partial charge in [0.2, 0.25) is 0 Å².